The van der Waals surface area contributed by atoms with E-state index < -0.39 is 0 Å². The van der Waals surface area contributed by atoms with Gasteiger partial charge in [0.15, 0.2) is 0 Å². The third-order valence-electron chi connectivity index (χ3n) is 4.36. The fourth-order valence-corrected chi connectivity index (χ4v) is 3.32. The number of para-hydroxylation sites is 1. The summed E-state index contributed by atoms with van der Waals surface area (Å²) in [5, 5.41) is 4.38. The third kappa shape index (κ3) is 4.10. The molecule has 2 fully saturated rings. The number of piperazine rings is 1. The Labute approximate surface area is 132 Å². The highest BCUT2D eigenvalue weighted by atomic mass is 35.5. The Balaban J connectivity index is 1.43. The maximum Gasteiger partial charge on any atom is 0.0639 e. The molecule has 2 aliphatic rings. The van der Waals surface area contributed by atoms with Crippen molar-refractivity contribution in [3.05, 3.63) is 29.3 Å². The standard InChI is InChI=1S/C16H24ClN3O/c17-15-3-1-2-4-16(15)20-10-8-19(9-11-20)7-5-14-13-21-12-6-18-14/h1-4,14,18H,5-13H2. The molecule has 1 atom stereocenters. The van der Waals surface area contributed by atoms with Gasteiger partial charge in [0, 0.05) is 38.8 Å². The number of benzene rings is 1. The first-order valence-corrected chi connectivity index (χ1v) is 8.24. The lowest BCUT2D eigenvalue weighted by Gasteiger charge is -2.37. The van der Waals surface area contributed by atoms with Crippen molar-refractivity contribution in [1.29, 1.82) is 0 Å². The van der Waals surface area contributed by atoms with E-state index in [2.05, 4.69) is 27.2 Å². The highest BCUT2D eigenvalue weighted by Crippen LogP contribution is 2.26. The maximum atomic E-state index is 6.28. The molecule has 4 nitrogen and oxygen atoms in total. The number of rotatable bonds is 4. The molecule has 3 rings (SSSR count). The van der Waals surface area contributed by atoms with Gasteiger partial charge in [0.2, 0.25) is 0 Å². The fraction of sp³-hybridized carbons (Fsp3) is 0.625. The summed E-state index contributed by atoms with van der Waals surface area (Å²) in [6.45, 7) is 8.18. The number of nitrogens with zero attached hydrogens (tertiary/aromatic N) is 2. The minimum Gasteiger partial charge on any atom is -0.379 e. The SMILES string of the molecule is Clc1ccccc1N1CCN(CCC2COCCN2)CC1. The van der Waals surface area contributed by atoms with E-state index in [4.69, 9.17) is 16.3 Å². The molecule has 2 heterocycles. The summed E-state index contributed by atoms with van der Waals surface area (Å²) >= 11 is 6.28. The Morgan fingerprint density at radius 2 is 2.00 bits per heavy atom. The van der Waals surface area contributed by atoms with Gasteiger partial charge in [0.1, 0.15) is 0 Å². The Morgan fingerprint density at radius 1 is 1.19 bits per heavy atom. The summed E-state index contributed by atoms with van der Waals surface area (Å²) in [6.07, 6.45) is 1.17. The van der Waals surface area contributed by atoms with Crippen LogP contribution in [0.3, 0.4) is 0 Å². The number of anilines is 1. The zero-order valence-electron chi connectivity index (χ0n) is 12.4. The van der Waals surface area contributed by atoms with E-state index in [1.165, 1.54) is 12.1 Å². The van der Waals surface area contributed by atoms with Crippen molar-refractivity contribution < 1.29 is 4.74 Å². The minimum atomic E-state index is 0.528. The van der Waals surface area contributed by atoms with E-state index in [9.17, 15) is 0 Å². The molecule has 0 spiro atoms. The first-order chi connectivity index (χ1) is 10.3. The molecule has 0 radical (unpaired) electrons. The molecular weight excluding hydrogens is 286 g/mol. The predicted octanol–water partition coefficient (Wildman–Crippen LogP) is 1.84. The molecule has 0 saturated carbocycles. The number of halogens is 1. The van der Waals surface area contributed by atoms with Crippen LogP contribution in [0.5, 0.6) is 0 Å². The number of nitrogens with one attached hydrogen (secondary N) is 1. The first kappa shape index (κ1) is 15.1. The quantitative estimate of drug-likeness (QED) is 0.918. The highest BCUT2D eigenvalue weighted by Gasteiger charge is 2.20. The topological polar surface area (TPSA) is 27.7 Å². The summed E-state index contributed by atoms with van der Waals surface area (Å²) in [4.78, 5) is 4.93. The van der Waals surface area contributed by atoms with Crippen LogP contribution in [-0.2, 0) is 4.74 Å². The van der Waals surface area contributed by atoms with Crippen LogP contribution in [0.15, 0.2) is 24.3 Å². The maximum absolute atomic E-state index is 6.28. The normalized spacial score (nSPS) is 24.2. The van der Waals surface area contributed by atoms with E-state index >= 15 is 0 Å². The zero-order chi connectivity index (χ0) is 14.5. The van der Waals surface area contributed by atoms with Gasteiger partial charge in [-0.3, -0.25) is 4.90 Å². The minimum absolute atomic E-state index is 0.528. The molecule has 1 unspecified atom stereocenters. The van der Waals surface area contributed by atoms with E-state index in [0.29, 0.717) is 6.04 Å². The van der Waals surface area contributed by atoms with Gasteiger partial charge >= 0.3 is 0 Å². The second-order valence-corrected chi connectivity index (χ2v) is 6.20. The number of morpholine rings is 1. The lowest BCUT2D eigenvalue weighted by atomic mass is 10.1. The smallest absolute Gasteiger partial charge is 0.0639 e. The van der Waals surface area contributed by atoms with Crippen molar-refractivity contribution in [2.75, 3.05) is 57.4 Å². The highest BCUT2D eigenvalue weighted by molar-refractivity contribution is 6.33. The van der Waals surface area contributed by atoms with Crippen molar-refractivity contribution in [3.8, 4) is 0 Å². The Morgan fingerprint density at radius 3 is 2.71 bits per heavy atom. The molecular formula is C16H24ClN3O. The van der Waals surface area contributed by atoms with Crippen LogP contribution in [0.4, 0.5) is 5.69 Å². The second kappa shape index (κ2) is 7.45. The summed E-state index contributed by atoms with van der Waals surface area (Å²) in [5.74, 6) is 0. The molecule has 1 N–H and O–H groups in total. The molecule has 1 aromatic rings. The third-order valence-corrected chi connectivity index (χ3v) is 4.68. The average molecular weight is 310 g/mol. The van der Waals surface area contributed by atoms with Gasteiger partial charge in [0.05, 0.1) is 23.9 Å². The summed E-state index contributed by atoms with van der Waals surface area (Å²) in [5.41, 5.74) is 1.17. The van der Waals surface area contributed by atoms with Gasteiger partial charge in [-0.15, -0.1) is 0 Å². The van der Waals surface area contributed by atoms with E-state index in [0.717, 1.165) is 57.5 Å². The lowest BCUT2D eigenvalue weighted by Crippen LogP contribution is -2.49. The van der Waals surface area contributed by atoms with Gasteiger partial charge in [-0.1, -0.05) is 23.7 Å². The fourth-order valence-electron chi connectivity index (χ4n) is 3.06. The monoisotopic (exact) mass is 309 g/mol. The van der Waals surface area contributed by atoms with Crippen LogP contribution >= 0.6 is 11.6 Å². The van der Waals surface area contributed by atoms with Crippen molar-refractivity contribution in [3.63, 3.8) is 0 Å². The molecule has 2 saturated heterocycles. The van der Waals surface area contributed by atoms with Crippen LogP contribution in [-0.4, -0.2) is 63.4 Å². The van der Waals surface area contributed by atoms with Crippen LogP contribution in [0.2, 0.25) is 5.02 Å². The van der Waals surface area contributed by atoms with Crippen LogP contribution < -0.4 is 10.2 Å². The number of hydrogen-bond donors (Lipinski definition) is 1. The van der Waals surface area contributed by atoms with Gasteiger partial charge in [-0.25, -0.2) is 0 Å². The van der Waals surface area contributed by atoms with E-state index in [1.807, 2.05) is 12.1 Å². The van der Waals surface area contributed by atoms with E-state index in [1.54, 1.807) is 0 Å². The van der Waals surface area contributed by atoms with Crippen LogP contribution in [0, 0.1) is 0 Å². The van der Waals surface area contributed by atoms with Gasteiger partial charge < -0.3 is 15.0 Å². The van der Waals surface area contributed by atoms with Gasteiger partial charge in [0.25, 0.3) is 0 Å². The average Bonchev–Trinajstić information content (AvgIpc) is 2.55. The van der Waals surface area contributed by atoms with Crippen molar-refractivity contribution in [2.24, 2.45) is 0 Å². The van der Waals surface area contributed by atoms with Gasteiger partial charge in [-0.2, -0.15) is 0 Å². The largest absolute Gasteiger partial charge is 0.379 e. The lowest BCUT2D eigenvalue weighted by molar-refractivity contribution is 0.0696. The van der Waals surface area contributed by atoms with E-state index in [-0.39, 0.29) is 0 Å². The molecule has 0 bridgehead atoms. The molecule has 1 aromatic carbocycles. The molecule has 2 aliphatic heterocycles. The van der Waals surface area contributed by atoms with Gasteiger partial charge in [-0.05, 0) is 25.1 Å². The van der Waals surface area contributed by atoms with Crippen molar-refractivity contribution >= 4 is 17.3 Å². The number of ether oxygens (including phenoxy) is 1. The Bertz CT molecular complexity index is 443. The predicted molar refractivity (Wildman–Crippen MR) is 87.3 cm³/mol. The Hall–Kier alpha value is -0.810. The molecule has 116 valence electrons. The first-order valence-electron chi connectivity index (χ1n) is 7.86. The second-order valence-electron chi connectivity index (χ2n) is 5.79. The molecule has 21 heavy (non-hydrogen) atoms. The number of hydrogen-bond acceptors (Lipinski definition) is 4. The molecule has 0 aromatic heterocycles. The summed E-state index contributed by atoms with van der Waals surface area (Å²) in [7, 11) is 0. The molecule has 0 aliphatic carbocycles. The van der Waals surface area contributed by atoms with Crippen molar-refractivity contribution in [1.82, 2.24) is 10.2 Å². The Kier molecular flexibility index (Phi) is 5.36. The molecule has 0 amide bonds. The summed E-state index contributed by atoms with van der Waals surface area (Å²) in [6, 6.07) is 8.66. The van der Waals surface area contributed by atoms with Crippen LogP contribution in [0.25, 0.3) is 0 Å². The summed E-state index contributed by atoms with van der Waals surface area (Å²) < 4.78 is 5.51. The molecule has 5 heteroatoms. The zero-order valence-corrected chi connectivity index (χ0v) is 13.2. The van der Waals surface area contributed by atoms with Crippen LogP contribution in [0.1, 0.15) is 6.42 Å². The van der Waals surface area contributed by atoms with Crippen molar-refractivity contribution in [2.45, 2.75) is 12.5 Å².